The molecule has 1 aromatic carbocycles. The van der Waals surface area contributed by atoms with Crippen molar-refractivity contribution in [3.8, 4) is 0 Å². The second-order valence-electron chi connectivity index (χ2n) is 4.24. The normalized spacial score (nSPS) is 26.0. The van der Waals surface area contributed by atoms with Gasteiger partial charge in [-0.15, -0.1) is 0 Å². The SMILES string of the molecule is CC.NC1=N[C@@H]2CCc3ccccc3[C@@H]2C1. The lowest BCUT2D eigenvalue weighted by Gasteiger charge is -2.26. The van der Waals surface area contributed by atoms with Crippen LogP contribution >= 0.6 is 0 Å². The summed E-state index contributed by atoms with van der Waals surface area (Å²) in [5.41, 5.74) is 8.78. The van der Waals surface area contributed by atoms with Gasteiger partial charge in [0.2, 0.25) is 0 Å². The van der Waals surface area contributed by atoms with E-state index >= 15 is 0 Å². The van der Waals surface area contributed by atoms with E-state index in [9.17, 15) is 0 Å². The molecule has 1 aromatic rings. The maximum absolute atomic E-state index is 5.80. The smallest absolute Gasteiger partial charge is 0.0947 e. The number of benzene rings is 1. The molecule has 0 spiro atoms. The molecule has 0 saturated carbocycles. The van der Waals surface area contributed by atoms with Crippen molar-refractivity contribution >= 4 is 5.84 Å². The molecule has 2 atom stereocenters. The van der Waals surface area contributed by atoms with Crippen molar-refractivity contribution in [3.63, 3.8) is 0 Å². The number of aryl methyl sites for hydroxylation is 1. The molecular weight excluding hydrogens is 196 g/mol. The molecule has 0 unspecified atom stereocenters. The van der Waals surface area contributed by atoms with Gasteiger partial charge in [-0.25, -0.2) is 0 Å². The molecule has 0 bridgehead atoms. The van der Waals surface area contributed by atoms with Crippen LogP contribution in [-0.4, -0.2) is 11.9 Å². The van der Waals surface area contributed by atoms with Crippen LogP contribution in [0, 0.1) is 0 Å². The lowest BCUT2D eigenvalue weighted by molar-refractivity contribution is 0.510. The summed E-state index contributed by atoms with van der Waals surface area (Å²) >= 11 is 0. The van der Waals surface area contributed by atoms with Gasteiger partial charge in [-0.3, -0.25) is 4.99 Å². The van der Waals surface area contributed by atoms with E-state index in [1.54, 1.807) is 0 Å². The van der Waals surface area contributed by atoms with Gasteiger partial charge in [0.25, 0.3) is 0 Å². The first-order valence-electron chi connectivity index (χ1n) is 6.24. The summed E-state index contributed by atoms with van der Waals surface area (Å²) in [6.45, 7) is 4.00. The standard InChI is InChI=1S/C12H14N2.C2H6/c13-12-7-10-9-4-2-1-3-8(9)5-6-11(10)14-12;1-2/h1-4,10-11H,5-7H2,(H2,13,14);1-2H3/t10-,11+;/m0./s1. The van der Waals surface area contributed by atoms with Crippen LogP contribution in [0.3, 0.4) is 0 Å². The molecular formula is C14H20N2. The Hall–Kier alpha value is -1.31. The lowest BCUT2D eigenvalue weighted by Crippen LogP contribution is -2.20. The van der Waals surface area contributed by atoms with Gasteiger partial charge in [-0.05, 0) is 24.0 Å². The second kappa shape index (κ2) is 4.69. The highest BCUT2D eigenvalue weighted by Crippen LogP contribution is 2.38. The minimum atomic E-state index is 0.463. The van der Waals surface area contributed by atoms with Crippen molar-refractivity contribution in [2.24, 2.45) is 10.7 Å². The van der Waals surface area contributed by atoms with Crippen LogP contribution in [0.1, 0.15) is 43.7 Å². The Morgan fingerprint density at radius 3 is 2.81 bits per heavy atom. The highest BCUT2D eigenvalue weighted by Gasteiger charge is 2.33. The average molecular weight is 216 g/mol. The predicted octanol–water partition coefficient (Wildman–Crippen LogP) is 2.87. The Morgan fingerprint density at radius 2 is 2.00 bits per heavy atom. The molecule has 2 aliphatic rings. The van der Waals surface area contributed by atoms with E-state index in [1.807, 2.05) is 13.8 Å². The van der Waals surface area contributed by atoms with E-state index < -0.39 is 0 Å². The van der Waals surface area contributed by atoms with Crippen LogP contribution in [0.2, 0.25) is 0 Å². The van der Waals surface area contributed by atoms with E-state index in [2.05, 4.69) is 29.3 Å². The van der Waals surface area contributed by atoms with Crippen LogP contribution in [0.5, 0.6) is 0 Å². The molecule has 0 fully saturated rings. The predicted molar refractivity (Wildman–Crippen MR) is 68.9 cm³/mol. The lowest BCUT2D eigenvalue weighted by atomic mass is 9.79. The number of aliphatic imine (C=N–C) groups is 1. The number of nitrogens with two attached hydrogens (primary N) is 1. The molecule has 86 valence electrons. The first-order chi connectivity index (χ1) is 7.84. The molecule has 2 N–H and O–H groups in total. The second-order valence-corrected chi connectivity index (χ2v) is 4.24. The van der Waals surface area contributed by atoms with Crippen molar-refractivity contribution in [2.75, 3.05) is 0 Å². The number of fused-ring (bicyclic) bond motifs is 3. The van der Waals surface area contributed by atoms with E-state index in [0.29, 0.717) is 12.0 Å². The summed E-state index contributed by atoms with van der Waals surface area (Å²) in [5, 5.41) is 0. The van der Waals surface area contributed by atoms with Crippen molar-refractivity contribution in [1.82, 2.24) is 0 Å². The zero-order valence-electron chi connectivity index (χ0n) is 10.1. The molecule has 0 radical (unpaired) electrons. The Bertz CT molecular complexity index is 395. The summed E-state index contributed by atoms with van der Waals surface area (Å²) in [5.74, 6) is 1.41. The first-order valence-corrected chi connectivity index (χ1v) is 6.24. The summed E-state index contributed by atoms with van der Waals surface area (Å²) in [6, 6.07) is 9.18. The zero-order chi connectivity index (χ0) is 11.5. The van der Waals surface area contributed by atoms with Crippen LogP contribution in [0.25, 0.3) is 0 Å². The third kappa shape index (κ3) is 1.84. The van der Waals surface area contributed by atoms with Crippen molar-refractivity contribution in [1.29, 1.82) is 0 Å². The third-order valence-electron chi connectivity index (χ3n) is 3.39. The van der Waals surface area contributed by atoms with E-state index in [4.69, 9.17) is 5.73 Å². The average Bonchev–Trinajstić information content (AvgIpc) is 2.72. The Kier molecular flexibility index (Phi) is 3.28. The van der Waals surface area contributed by atoms with Crippen molar-refractivity contribution in [2.45, 2.75) is 45.1 Å². The molecule has 0 saturated heterocycles. The maximum Gasteiger partial charge on any atom is 0.0947 e. The number of amidine groups is 1. The van der Waals surface area contributed by atoms with Crippen LogP contribution < -0.4 is 5.73 Å². The number of hydrogen-bond acceptors (Lipinski definition) is 2. The number of nitrogens with zero attached hydrogens (tertiary/aromatic N) is 1. The Balaban J connectivity index is 0.000000457. The fraction of sp³-hybridized carbons (Fsp3) is 0.500. The Morgan fingerprint density at radius 1 is 1.25 bits per heavy atom. The third-order valence-corrected chi connectivity index (χ3v) is 3.39. The molecule has 3 rings (SSSR count). The van der Waals surface area contributed by atoms with Gasteiger partial charge in [0, 0.05) is 12.3 Å². The molecule has 16 heavy (non-hydrogen) atoms. The topological polar surface area (TPSA) is 38.4 Å². The molecule has 1 heterocycles. The summed E-state index contributed by atoms with van der Waals surface area (Å²) in [6.07, 6.45) is 3.29. The molecule has 1 aliphatic heterocycles. The van der Waals surface area contributed by atoms with Gasteiger partial charge >= 0.3 is 0 Å². The summed E-state index contributed by atoms with van der Waals surface area (Å²) in [4.78, 5) is 4.50. The van der Waals surface area contributed by atoms with Gasteiger partial charge in [-0.1, -0.05) is 38.1 Å². The quantitative estimate of drug-likeness (QED) is 0.711. The highest BCUT2D eigenvalue weighted by molar-refractivity contribution is 5.83. The summed E-state index contributed by atoms with van der Waals surface area (Å²) in [7, 11) is 0. The van der Waals surface area contributed by atoms with Crippen LogP contribution in [-0.2, 0) is 6.42 Å². The fourth-order valence-electron chi connectivity index (χ4n) is 2.73. The van der Waals surface area contributed by atoms with Crippen LogP contribution in [0.15, 0.2) is 29.3 Å². The fourth-order valence-corrected chi connectivity index (χ4v) is 2.73. The van der Waals surface area contributed by atoms with E-state index in [1.165, 1.54) is 17.5 Å². The highest BCUT2D eigenvalue weighted by atomic mass is 14.9. The molecule has 2 nitrogen and oxygen atoms in total. The molecule has 0 aromatic heterocycles. The largest absolute Gasteiger partial charge is 0.387 e. The first kappa shape index (κ1) is 11.2. The van der Waals surface area contributed by atoms with E-state index in [0.717, 1.165) is 18.7 Å². The number of hydrogen-bond donors (Lipinski definition) is 1. The number of rotatable bonds is 0. The molecule has 0 amide bonds. The Labute approximate surface area is 97.6 Å². The van der Waals surface area contributed by atoms with Crippen molar-refractivity contribution < 1.29 is 0 Å². The molecule has 1 aliphatic carbocycles. The zero-order valence-corrected chi connectivity index (χ0v) is 10.1. The minimum Gasteiger partial charge on any atom is -0.387 e. The minimum absolute atomic E-state index is 0.463. The maximum atomic E-state index is 5.80. The van der Waals surface area contributed by atoms with E-state index in [-0.39, 0.29) is 0 Å². The molecule has 2 heteroatoms. The van der Waals surface area contributed by atoms with Crippen LogP contribution in [0.4, 0.5) is 0 Å². The van der Waals surface area contributed by atoms with Gasteiger partial charge in [0.1, 0.15) is 0 Å². The summed E-state index contributed by atoms with van der Waals surface area (Å²) < 4.78 is 0. The van der Waals surface area contributed by atoms with Crippen molar-refractivity contribution in [3.05, 3.63) is 35.4 Å². The van der Waals surface area contributed by atoms with Gasteiger partial charge in [0.15, 0.2) is 0 Å². The van der Waals surface area contributed by atoms with Gasteiger partial charge in [-0.2, -0.15) is 0 Å². The van der Waals surface area contributed by atoms with Gasteiger partial charge < -0.3 is 5.73 Å². The monoisotopic (exact) mass is 216 g/mol. The van der Waals surface area contributed by atoms with Gasteiger partial charge in [0.05, 0.1) is 11.9 Å².